The fourth-order valence-corrected chi connectivity index (χ4v) is 5.51. The van der Waals surface area contributed by atoms with Gasteiger partial charge >= 0.3 is 0 Å². The first-order chi connectivity index (χ1) is 16.1. The average molecular weight is 478 g/mol. The van der Waals surface area contributed by atoms with Gasteiger partial charge < -0.3 is 15.3 Å². The second-order valence-corrected chi connectivity index (χ2v) is 9.75. The molecule has 2 N–H and O–H groups in total. The van der Waals surface area contributed by atoms with Crippen molar-refractivity contribution >= 4 is 40.3 Å². The van der Waals surface area contributed by atoms with Gasteiger partial charge in [-0.3, -0.25) is 4.90 Å². The van der Waals surface area contributed by atoms with Gasteiger partial charge in [0, 0.05) is 41.0 Å². The van der Waals surface area contributed by atoms with Crippen molar-refractivity contribution in [2.75, 3.05) is 31.1 Å². The summed E-state index contributed by atoms with van der Waals surface area (Å²) in [5.74, 6) is 0. The van der Waals surface area contributed by atoms with Crippen molar-refractivity contribution < 1.29 is 5.11 Å². The smallest absolute Gasteiger partial charge is 0.106 e. The monoisotopic (exact) mass is 477 g/mol. The van der Waals surface area contributed by atoms with E-state index in [9.17, 15) is 5.11 Å². The highest BCUT2D eigenvalue weighted by Gasteiger charge is 2.28. The topological polar surface area (TPSA) is 38.7 Å². The summed E-state index contributed by atoms with van der Waals surface area (Å²) < 4.78 is 0. The molecule has 0 bridgehead atoms. The molecule has 0 saturated heterocycles. The van der Waals surface area contributed by atoms with Crippen molar-refractivity contribution in [2.24, 2.45) is 0 Å². The fourth-order valence-electron chi connectivity index (χ4n) is 4.25. The van der Waals surface area contributed by atoms with Gasteiger partial charge in [-0.25, -0.2) is 0 Å². The number of benzene rings is 3. The number of hydrogen-bond donors (Lipinski definition) is 2. The third-order valence-corrected chi connectivity index (χ3v) is 7.46. The van der Waals surface area contributed by atoms with E-state index < -0.39 is 0 Å². The molecule has 0 fully saturated rings. The van der Waals surface area contributed by atoms with Crippen LogP contribution in [0.4, 0.5) is 11.4 Å². The Hall–Kier alpha value is -2.38. The van der Waals surface area contributed by atoms with E-state index in [0.717, 1.165) is 23.6 Å². The van der Waals surface area contributed by atoms with E-state index in [0.29, 0.717) is 13.1 Å². The molecule has 6 heteroatoms. The minimum Gasteiger partial charge on any atom is -0.395 e. The van der Waals surface area contributed by atoms with Crippen LogP contribution in [0.2, 0.25) is 0 Å². The zero-order valence-electron chi connectivity index (χ0n) is 19.2. The van der Waals surface area contributed by atoms with Gasteiger partial charge in [0.2, 0.25) is 0 Å². The highest BCUT2D eigenvalue weighted by Crippen LogP contribution is 2.49. The van der Waals surface area contributed by atoms with Crippen LogP contribution in [0, 0.1) is 0 Å². The van der Waals surface area contributed by atoms with Crippen LogP contribution < -0.4 is 10.2 Å². The van der Waals surface area contributed by atoms with E-state index in [1.165, 1.54) is 26.7 Å². The fraction of sp³-hybridized carbons (Fsp3) is 0.296. The van der Waals surface area contributed by atoms with E-state index in [-0.39, 0.29) is 12.6 Å². The van der Waals surface area contributed by atoms with Crippen LogP contribution >= 0.6 is 24.0 Å². The predicted molar refractivity (Wildman–Crippen MR) is 143 cm³/mol. The third kappa shape index (κ3) is 5.58. The molecule has 0 aliphatic carbocycles. The molecule has 1 aliphatic heterocycles. The number of aliphatic hydroxyl groups is 1. The molecule has 0 spiro atoms. The average Bonchev–Trinajstić information content (AvgIpc) is 2.85. The summed E-state index contributed by atoms with van der Waals surface area (Å²) in [6.45, 7) is 7.76. The van der Waals surface area contributed by atoms with E-state index in [2.05, 4.69) is 83.6 Å². The van der Waals surface area contributed by atoms with E-state index in [1.807, 2.05) is 30.0 Å². The van der Waals surface area contributed by atoms with Crippen molar-refractivity contribution in [1.82, 2.24) is 10.2 Å². The number of hydrogen-bond acceptors (Lipinski definition) is 5. The number of anilines is 2. The number of fused-ring (bicyclic) bond motifs is 2. The highest BCUT2D eigenvalue weighted by molar-refractivity contribution is 7.99. The van der Waals surface area contributed by atoms with Crippen LogP contribution in [0.1, 0.15) is 25.0 Å². The molecule has 0 aromatic heterocycles. The Morgan fingerprint density at radius 1 is 1.03 bits per heavy atom. The van der Waals surface area contributed by atoms with Gasteiger partial charge in [-0.2, -0.15) is 0 Å². The minimum absolute atomic E-state index is 0.176. The first kappa shape index (κ1) is 23.8. The molecule has 3 aromatic rings. The summed E-state index contributed by atoms with van der Waals surface area (Å²) in [5.41, 5.74) is 4.65. The summed E-state index contributed by atoms with van der Waals surface area (Å²) >= 11 is 7.57. The molecular formula is C27H31N3OS2. The van der Waals surface area contributed by atoms with Gasteiger partial charge in [0.1, 0.15) is 4.99 Å². The number of aliphatic hydroxyl groups excluding tert-OH is 1. The van der Waals surface area contributed by atoms with Crippen LogP contribution in [0.15, 0.2) is 82.6 Å². The Balaban J connectivity index is 1.61. The Kier molecular flexibility index (Phi) is 8.04. The molecule has 4 nitrogen and oxygen atoms in total. The summed E-state index contributed by atoms with van der Waals surface area (Å²) in [6.07, 6.45) is 0. The molecule has 0 amide bonds. The standard InChI is InChI=1S/C27H31N3OS2/c1-3-29(15-16-31)19-20(2)30-23-11-7-8-12-25(23)33-26-14-13-22(17-24(26)30)27(32)28-18-21-9-5-4-6-10-21/h4-14,17,20,31H,3,15-16,18-19H2,1-2H3,(H,28,32). The lowest BCUT2D eigenvalue weighted by Gasteiger charge is -2.39. The van der Waals surface area contributed by atoms with Gasteiger partial charge in [-0.15, -0.1) is 0 Å². The molecule has 0 radical (unpaired) electrons. The van der Waals surface area contributed by atoms with Crippen molar-refractivity contribution in [3.63, 3.8) is 0 Å². The minimum atomic E-state index is 0.176. The zero-order chi connectivity index (χ0) is 23.2. The number of likely N-dealkylation sites (N-methyl/N-ethyl adjacent to an activating group) is 1. The molecule has 1 atom stereocenters. The lowest BCUT2D eigenvalue weighted by molar-refractivity contribution is 0.196. The lowest BCUT2D eigenvalue weighted by atomic mass is 10.1. The number of rotatable bonds is 9. The van der Waals surface area contributed by atoms with Gasteiger partial charge in [-0.05, 0) is 43.3 Å². The van der Waals surface area contributed by atoms with E-state index >= 15 is 0 Å². The van der Waals surface area contributed by atoms with Crippen molar-refractivity contribution in [2.45, 2.75) is 36.2 Å². The first-order valence-electron chi connectivity index (χ1n) is 11.5. The van der Waals surface area contributed by atoms with E-state index in [1.54, 1.807) is 0 Å². The molecule has 1 unspecified atom stereocenters. The SMILES string of the molecule is CCN(CCO)CC(C)N1c2ccccc2Sc2ccc(C(=S)NCc3ccccc3)cc21. The number of nitrogens with one attached hydrogen (secondary N) is 1. The Morgan fingerprint density at radius 3 is 2.52 bits per heavy atom. The quantitative estimate of drug-likeness (QED) is 0.399. The molecule has 3 aromatic carbocycles. The van der Waals surface area contributed by atoms with Gasteiger partial charge in [0.05, 0.1) is 18.0 Å². The van der Waals surface area contributed by atoms with Crippen LogP contribution in [0.3, 0.4) is 0 Å². The van der Waals surface area contributed by atoms with Crippen molar-refractivity contribution in [3.8, 4) is 0 Å². The molecule has 4 rings (SSSR count). The predicted octanol–water partition coefficient (Wildman–Crippen LogP) is 5.46. The van der Waals surface area contributed by atoms with E-state index in [4.69, 9.17) is 12.2 Å². The summed E-state index contributed by atoms with van der Waals surface area (Å²) in [7, 11) is 0. The largest absolute Gasteiger partial charge is 0.395 e. The maximum Gasteiger partial charge on any atom is 0.106 e. The molecule has 1 aliphatic rings. The Bertz CT molecular complexity index is 1090. The summed E-state index contributed by atoms with van der Waals surface area (Å²) in [4.78, 5) is 7.99. The second-order valence-electron chi connectivity index (χ2n) is 8.26. The summed E-state index contributed by atoms with van der Waals surface area (Å²) in [5, 5.41) is 12.9. The number of nitrogens with zero attached hydrogens (tertiary/aromatic N) is 2. The first-order valence-corrected chi connectivity index (χ1v) is 12.7. The number of para-hydroxylation sites is 1. The van der Waals surface area contributed by atoms with Crippen LogP contribution in [0.25, 0.3) is 0 Å². The number of thiocarbonyl (C=S) groups is 1. The van der Waals surface area contributed by atoms with Crippen LogP contribution in [0.5, 0.6) is 0 Å². The molecule has 33 heavy (non-hydrogen) atoms. The van der Waals surface area contributed by atoms with Crippen LogP contribution in [-0.2, 0) is 6.54 Å². The van der Waals surface area contributed by atoms with Gasteiger partial charge in [0.15, 0.2) is 0 Å². The maximum atomic E-state index is 9.46. The zero-order valence-corrected chi connectivity index (χ0v) is 20.8. The second kappa shape index (κ2) is 11.2. The highest BCUT2D eigenvalue weighted by atomic mass is 32.2. The van der Waals surface area contributed by atoms with Crippen LogP contribution in [-0.4, -0.2) is 47.3 Å². The molecule has 172 valence electrons. The lowest BCUT2D eigenvalue weighted by Crippen LogP contribution is -2.42. The third-order valence-electron chi connectivity index (χ3n) is 5.95. The maximum absolute atomic E-state index is 9.46. The molecular weight excluding hydrogens is 446 g/mol. The summed E-state index contributed by atoms with van der Waals surface area (Å²) in [6, 6.07) is 25.7. The molecule has 0 saturated carbocycles. The Labute approximate surface area is 206 Å². The Morgan fingerprint density at radius 2 is 1.76 bits per heavy atom. The van der Waals surface area contributed by atoms with Crippen molar-refractivity contribution in [3.05, 3.63) is 83.9 Å². The van der Waals surface area contributed by atoms with Gasteiger partial charge in [-0.1, -0.05) is 79.4 Å². The van der Waals surface area contributed by atoms with Gasteiger partial charge in [0.25, 0.3) is 0 Å². The van der Waals surface area contributed by atoms with Crippen molar-refractivity contribution in [1.29, 1.82) is 0 Å². The normalized spacial score (nSPS) is 13.4. The molecule has 1 heterocycles.